The molecule has 0 spiro atoms. The van der Waals surface area contributed by atoms with E-state index in [9.17, 15) is 8.42 Å². The van der Waals surface area contributed by atoms with Gasteiger partial charge in [0.15, 0.2) is 9.84 Å². The van der Waals surface area contributed by atoms with Crippen LogP contribution in [0.1, 0.15) is 18.5 Å². The molecular weight excluding hydrogens is 250 g/mol. The highest BCUT2D eigenvalue weighted by molar-refractivity contribution is 7.90. The second kappa shape index (κ2) is 4.81. The van der Waals surface area contributed by atoms with Crippen molar-refractivity contribution in [3.05, 3.63) is 42.2 Å². The molecule has 1 atom stereocenters. The fourth-order valence-corrected chi connectivity index (χ4v) is 2.30. The molecule has 0 aliphatic carbocycles. The van der Waals surface area contributed by atoms with Crippen molar-refractivity contribution in [3.63, 3.8) is 0 Å². The lowest BCUT2D eigenvalue weighted by Crippen LogP contribution is -2.06. The first kappa shape index (κ1) is 12.6. The summed E-state index contributed by atoms with van der Waals surface area (Å²) < 4.78 is 22.7. The number of hydrogen-bond donors (Lipinski definition) is 2. The number of anilines is 1. The van der Waals surface area contributed by atoms with E-state index in [2.05, 4.69) is 15.5 Å². The molecule has 1 aromatic carbocycles. The van der Waals surface area contributed by atoms with Crippen LogP contribution in [0, 0.1) is 0 Å². The van der Waals surface area contributed by atoms with E-state index < -0.39 is 9.84 Å². The Balaban J connectivity index is 2.14. The van der Waals surface area contributed by atoms with E-state index in [-0.39, 0.29) is 6.04 Å². The molecule has 0 aliphatic rings. The Morgan fingerprint density at radius 1 is 1.28 bits per heavy atom. The molecule has 6 heteroatoms. The van der Waals surface area contributed by atoms with Crippen LogP contribution in [0.2, 0.25) is 0 Å². The smallest absolute Gasteiger partial charge is 0.175 e. The van der Waals surface area contributed by atoms with E-state index in [1.807, 2.05) is 19.1 Å². The first-order valence-corrected chi connectivity index (χ1v) is 7.41. The molecule has 0 radical (unpaired) electrons. The molecule has 1 unspecified atom stereocenters. The van der Waals surface area contributed by atoms with Crippen LogP contribution in [0.25, 0.3) is 0 Å². The quantitative estimate of drug-likeness (QED) is 0.886. The van der Waals surface area contributed by atoms with Gasteiger partial charge < -0.3 is 5.32 Å². The summed E-state index contributed by atoms with van der Waals surface area (Å²) in [4.78, 5) is 0.335. The van der Waals surface area contributed by atoms with Crippen molar-refractivity contribution in [1.29, 1.82) is 0 Å². The third-order valence-electron chi connectivity index (χ3n) is 2.69. The second-order valence-corrected chi connectivity index (χ2v) is 6.21. The van der Waals surface area contributed by atoms with Gasteiger partial charge in [-0.2, -0.15) is 5.10 Å². The van der Waals surface area contributed by atoms with Crippen molar-refractivity contribution in [1.82, 2.24) is 10.2 Å². The Hall–Kier alpha value is -1.82. The van der Waals surface area contributed by atoms with Gasteiger partial charge in [-0.25, -0.2) is 8.42 Å². The molecule has 1 heterocycles. The van der Waals surface area contributed by atoms with Crippen LogP contribution in [-0.2, 0) is 9.84 Å². The van der Waals surface area contributed by atoms with E-state index in [1.54, 1.807) is 24.5 Å². The SMILES string of the molecule is CC(Nc1cn[nH]c1)c1ccc(S(C)(=O)=O)cc1. The number of aromatic amines is 1. The lowest BCUT2D eigenvalue weighted by Gasteiger charge is -2.14. The monoisotopic (exact) mass is 265 g/mol. The van der Waals surface area contributed by atoms with Gasteiger partial charge in [0.1, 0.15) is 0 Å². The maximum atomic E-state index is 11.3. The molecule has 2 N–H and O–H groups in total. The van der Waals surface area contributed by atoms with Crippen molar-refractivity contribution in [2.45, 2.75) is 17.9 Å². The van der Waals surface area contributed by atoms with Gasteiger partial charge >= 0.3 is 0 Å². The molecule has 5 nitrogen and oxygen atoms in total. The number of benzene rings is 1. The van der Waals surface area contributed by atoms with Gasteiger partial charge in [-0.1, -0.05) is 12.1 Å². The van der Waals surface area contributed by atoms with Crippen LogP contribution in [0.5, 0.6) is 0 Å². The number of rotatable bonds is 4. The van der Waals surface area contributed by atoms with Crippen LogP contribution in [-0.4, -0.2) is 24.9 Å². The molecule has 0 fully saturated rings. The molecule has 96 valence electrons. The second-order valence-electron chi connectivity index (χ2n) is 4.19. The highest BCUT2D eigenvalue weighted by Gasteiger charge is 2.09. The van der Waals surface area contributed by atoms with E-state index >= 15 is 0 Å². The van der Waals surface area contributed by atoms with Gasteiger partial charge in [0.25, 0.3) is 0 Å². The van der Waals surface area contributed by atoms with Crippen molar-refractivity contribution in [3.8, 4) is 0 Å². The molecule has 0 saturated heterocycles. The summed E-state index contributed by atoms with van der Waals surface area (Å²) in [5.74, 6) is 0. The maximum absolute atomic E-state index is 11.3. The summed E-state index contributed by atoms with van der Waals surface area (Å²) >= 11 is 0. The molecule has 0 saturated carbocycles. The highest BCUT2D eigenvalue weighted by atomic mass is 32.2. The van der Waals surface area contributed by atoms with Crippen molar-refractivity contribution >= 4 is 15.5 Å². The number of nitrogens with zero attached hydrogens (tertiary/aromatic N) is 1. The molecule has 0 amide bonds. The normalized spacial score (nSPS) is 13.2. The van der Waals surface area contributed by atoms with Gasteiger partial charge in [-0.05, 0) is 24.6 Å². The number of sulfone groups is 1. The molecule has 0 aliphatic heterocycles. The van der Waals surface area contributed by atoms with Gasteiger partial charge in [-0.3, -0.25) is 5.10 Å². The Bertz CT molecular complexity index is 603. The topological polar surface area (TPSA) is 74.8 Å². The van der Waals surface area contributed by atoms with Crippen LogP contribution in [0.3, 0.4) is 0 Å². The van der Waals surface area contributed by atoms with E-state index in [4.69, 9.17) is 0 Å². The zero-order valence-electron chi connectivity index (χ0n) is 10.2. The lowest BCUT2D eigenvalue weighted by molar-refractivity contribution is 0.602. The van der Waals surface area contributed by atoms with Crippen LogP contribution in [0.15, 0.2) is 41.6 Å². The molecule has 0 bridgehead atoms. The fraction of sp³-hybridized carbons (Fsp3) is 0.250. The number of aromatic nitrogens is 2. The van der Waals surface area contributed by atoms with Gasteiger partial charge in [0.05, 0.1) is 16.8 Å². The Morgan fingerprint density at radius 2 is 1.94 bits per heavy atom. The predicted octanol–water partition coefficient (Wildman–Crippen LogP) is 1.99. The number of H-pyrrole nitrogens is 1. The Labute approximate surface area is 106 Å². The molecule has 2 aromatic rings. The molecular formula is C12H15N3O2S. The summed E-state index contributed by atoms with van der Waals surface area (Å²) in [6.45, 7) is 2.00. The van der Waals surface area contributed by atoms with E-state index in [1.165, 1.54) is 6.26 Å². The molecule has 18 heavy (non-hydrogen) atoms. The third kappa shape index (κ3) is 2.89. The van der Waals surface area contributed by atoms with Gasteiger partial charge in [-0.15, -0.1) is 0 Å². The number of nitrogens with one attached hydrogen (secondary N) is 2. The van der Waals surface area contributed by atoms with Crippen LogP contribution < -0.4 is 5.32 Å². The zero-order chi connectivity index (χ0) is 13.2. The van der Waals surface area contributed by atoms with Crippen molar-refractivity contribution in [2.24, 2.45) is 0 Å². The number of hydrogen-bond acceptors (Lipinski definition) is 4. The standard InChI is InChI=1S/C12H15N3O2S/c1-9(15-11-7-13-14-8-11)10-3-5-12(6-4-10)18(2,16)17/h3-9,15H,1-2H3,(H,13,14). The first-order valence-electron chi connectivity index (χ1n) is 5.52. The minimum Gasteiger partial charge on any atom is -0.376 e. The fourth-order valence-electron chi connectivity index (χ4n) is 1.67. The summed E-state index contributed by atoms with van der Waals surface area (Å²) in [5, 5.41) is 9.83. The molecule has 2 rings (SSSR count). The minimum atomic E-state index is -3.13. The predicted molar refractivity (Wildman–Crippen MR) is 70.2 cm³/mol. The van der Waals surface area contributed by atoms with Crippen LogP contribution in [0.4, 0.5) is 5.69 Å². The Morgan fingerprint density at radius 3 is 2.44 bits per heavy atom. The zero-order valence-corrected chi connectivity index (χ0v) is 11.0. The van der Waals surface area contributed by atoms with Crippen molar-refractivity contribution in [2.75, 3.05) is 11.6 Å². The largest absolute Gasteiger partial charge is 0.376 e. The minimum absolute atomic E-state index is 0.0798. The summed E-state index contributed by atoms with van der Waals surface area (Å²) in [6.07, 6.45) is 4.66. The Kier molecular flexibility index (Phi) is 3.38. The lowest BCUT2D eigenvalue weighted by atomic mass is 10.1. The maximum Gasteiger partial charge on any atom is 0.175 e. The highest BCUT2D eigenvalue weighted by Crippen LogP contribution is 2.19. The van der Waals surface area contributed by atoms with Gasteiger partial charge in [0, 0.05) is 18.5 Å². The van der Waals surface area contributed by atoms with Gasteiger partial charge in [0.2, 0.25) is 0 Å². The van der Waals surface area contributed by atoms with Crippen molar-refractivity contribution < 1.29 is 8.42 Å². The third-order valence-corrected chi connectivity index (χ3v) is 3.82. The average molecular weight is 265 g/mol. The van der Waals surface area contributed by atoms with Crippen LogP contribution >= 0.6 is 0 Å². The molecule has 1 aromatic heterocycles. The first-order chi connectivity index (χ1) is 8.47. The summed E-state index contributed by atoms with van der Waals surface area (Å²) in [6, 6.07) is 6.95. The summed E-state index contributed by atoms with van der Waals surface area (Å²) in [7, 11) is -3.13. The summed E-state index contributed by atoms with van der Waals surface area (Å²) in [5.41, 5.74) is 1.92. The van der Waals surface area contributed by atoms with E-state index in [0.29, 0.717) is 4.90 Å². The average Bonchev–Trinajstić information content (AvgIpc) is 2.81. The van der Waals surface area contributed by atoms with E-state index in [0.717, 1.165) is 11.3 Å².